The highest BCUT2D eigenvalue weighted by molar-refractivity contribution is 9.10. The lowest BCUT2D eigenvalue weighted by molar-refractivity contribution is -0.141. The Labute approximate surface area is 135 Å². The van der Waals surface area contributed by atoms with Crippen molar-refractivity contribution in [3.05, 3.63) is 34.4 Å². The van der Waals surface area contributed by atoms with Gasteiger partial charge in [0.2, 0.25) is 5.91 Å². The summed E-state index contributed by atoms with van der Waals surface area (Å²) < 4.78 is 2.15. The maximum Gasteiger partial charge on any atom is 0.328 e. The minimum absolute atomic E-state index is 0.0257. The molecular formula is C14H15BrN4O3. The molecule has 0 spiro atoms. The number of carbonyl (C=O) groups is 2. The van der Waals surface area contributed by atoms with Gasteiger partial charge in [0.15, 0.2) is 6.04 Å². The van der Waals surface area contributed by atoms with E-state index >= 15 is 0 Å². The van der Waals surface area contributed by atoms with E-state index < -0.39 is 17.9 Å². The molecule has 116 valence electrons. The SMILES string of the molecule is Cc1ccc(Br)cc1-c1cn([C@@H](CCC(N)=O)C(=O)O)nn1. The number of aliphatic carboxylic acids is 1. The van der Waals surface area contributed by atoms with Gasteiger partial charge in [0.1, 0.15) is 5.69 Å². The lowest BCUT2D eigenvalue weighted by Gasteiger charge is -2.10. The standard InChI is InChI=1S/C14H15BrN4O3/c1-8-2-3-9(15)6-10(8)11-7-19(18-17-11)12(14(21)22)4-5-13(16)20/h2-3,6-7,12H,4-5H2,1H3,(H2,16,20)(H,21,22)/t12-/m0/s1. The Hall–Kier alpha value is -2.22. The first-order valence-corrected chi connectivity index (χ1v) is 7.37. The number of amides is 1. The molecule has 0 fully saturated rings. The molecule has 8 heteroatoms. The van der Waals surface area contributed by atoms with Crippen molar-refractivity contribution in [3.8, 4) is 11.3 Å². The minimum Gasteiger partial charge on any atom is -0.480 e. The predicted octanol–water partition coefficient (Wildman–Crippen LogP) is 1.91. The van der Waals surface area contributed by atoms with Crippen molar-refractivity contribution in [2.45, 2.75) is 25.8 Å². The summed E-state index contributed by atoms with van der Waals surface area (Å²) in [6, 6.07) is 4.76. The summed E-state index contributed by atoms with van der Waals surface area (Å²) in [6.07, 6.45) is 1.61. The van der Waals surface area contributed by atoms with Gasteiger partial charge in [-0.1, -0.05) is 27.2 Å². The predicted molar refractivity (Wildman–Crippen MR) is 83.0 cm³/mol. The number of nitrogens with two attached hydrogens (primary N) is 1. The summed E-state index contributed by atoms with van der Waals surface area (Å²) in [5.41, 5.74) is 7.50. The third kappa shape index (κ3) is 3.70. The zero-order chi connectivity index (χ0) is 16.3. The summed E-state index contributed by atoms with van der Waals surface area (Å²) in [4.78, 5) is 22.2. The Bertz CT molecular complexity index is 714. The molecule has 0 aliphatic heterocycles. The molecule has 0 saturated heterocycles. The number of rotatable bonds is 6. The first-order valence-electron chi connectivity index (χ1n) is 6.58. The quantitative estimate of drug-likeness (QED) is 0.810. The molecular weight excluding hydrogens is 352 g/mol. The van der Waals surface area contributed by atoms with Crippen LogP contribution in [0.4, 0.5) is 0 Å². The Morgan fingerprint density at radius 1 is 1.45 bits per heavy atom. The molecule has 3 N–H and O–H groups in total. The number of nitrogens with zero attached hydrogens (tertiary/aromatic N) is 3. The monoisotopic (exact) mass is 366 g/mol. The third-order valence-electron chi connectivity index (χ3n) is 3.25. The van der Waals surface area contributed by atoms with Gasteiger partial charge in [0.25, 0.3) is 0 Å². The van der Waals surface area contributed by atoms with E-state index in [0.29, 0.717) is 5.69 Å². The second-order valence-corrected chi connectivity index (χ2v) is 5.82. The van der Waals surface area contributed by atoms with Crippen LogP contribution in [0.5, 0.6) is 0 Å². The molecule has 22 heavy (non-hydrogen) atoms. The number of aryl methyl sites for hydroxylation is 1. The van der Waals surface area contributed by atoms with E-state index in [9.17, 15) is 14.7 Å². The van der Waals surface area contributed by atoms with E-state index in [-0.39, 0.29) is 12.8 Å². The van der Waals surface area contributed by atoms with Gasteiger partial charge in [0, 0.05) is 16.5 Å². The zero-order valence-electron chi connectivity index (χ0n) is 11.9. The second kappa shape index (κ2) is 6.69. The Morgan fingerprint density at radius 2 is 2.18 bits per heavy atom. The Balaban J connectivity index is 2.30. The highest BCUT2D eigenvalue weighted by atomic mass is 79.9. The maximum absolute atomic E-state index is 11.3. The minimum atomic E-state index is -1.08. The van der Waals surface area contributed by atoms with Crippen molar-refractivity contribution >= 4 is 27.8 Å². The summed E-state index contributed by atoms with van der Waals surface area (Å²) in [6.45, 7) is 1.93. The number of carboxylic acids is 1. The van der Waals surface area contributed by atoms with Gasteiger partial charge >= 0.3 is 5.97 Å². The number of halogens is 1. The van der Waals surface area contributed by atoms with E-state index in [2.05, 4.69) is 26.2 Å². The van der Waals surface area contributed by atoms with Gasteiger partial charge in [-0.3, -0.25) is 4.79 Å². The number of benzene rings is 1. The molecule has 1 heterocycles. The molecule has 0 aliphatic carbocycles. The highest BCUT2D eigenvalue weighted by Crippen LogP contribution is 2.26. The van der Waals surface area contributed by atoms with Gasteiger partial charge in [0.05, 0.1) is 6.20 Å². The molecule has 2 rings (SSSR count). The molecule has 0 saturated carbocycles. The van der Waals surface area contributed by atoms with Crippen molar-refractivity contribution in [2.75, 3.05) is 0 Å². The summed E-state index contributed by atoms with van der Waals surface area (Å²) in [5, 5.41) is 17.2. The summed E-state index contributed by atoms with van der Waals surface area (Å²) >= 11 is 3.39. The number of hydrogen-bond acceptors (Lipinski definition) is 4. The fourth-order valence-electron chi connectivity index (χ4n) is 2.07. The van der Waals surface area contributed by atoms with Crippen LogP contribution in [-0.2, 0) is 9.59 Å². The normalized spacial score (nSPS) is 12.1. The summed E-state index contributed by atoms with van der Waals surface area (Å²) in [5.74, 6) is -1.63. The van der Waals surface area contributed by atoms with E-state index in [1.165, 1.54) is 4.68 Å². The molecule has 2 aromatic rings. The number of hydrogen-bond donors (Lipinski definition) is 2. The molecule has 0 unspecified atom stereocenters. The van der Waals surface area contributed by atoms with Gasteiger partial charge < -0.3 is 10.8 Å². The number of carbonyl (C=O) groups excluding carboxylic acids is 1. The van der Waals surface area contributed by atoms with Crippen molar-refractivity contribution in [1.29, 1.82) is 0 Å². The molecule has 0 bridgehead atoms. The lowest BCUT2D eigenvalue weighted by Crippen LogP contribution is -2.22. The Kier molecular flexibility index (Phi) is 4.92. The largest absolute Gasteiger partial charge is 0.480 e. The first-order chi connectivity index (χ1) is 10.4. The fourth-order valence-corrected chi connectivity index (χ4v) is 2.43. The van der Waals surface area contributed by atoms with Crippen LogP contribution in [0.15, 0.2) is 28.9 Å². The third-order valence-corrected chi connectivity index (χ3v) is 3.75. The smallest absolute Gasteiger partial charge is 0.328 e. The van der Waals surface area contributed by atoms with Crippen molar-refractivity contribution in [1.82, 2.24) is 15.0 Å². The van der Waals surface area contributed by atoms with Crippen molar-refractivity contribution < 1.29 is 14.7 Å². The van der Waals surface area contributed by atoms with E-state index in [1.54, 1.807) is 6.20 Å². The second-order valence-electron chi connectivity index (χ2n) is 4.90. The number of carboxylic acid groups (broad SMARTS) is 1. The molecule has 1 aromatic carbocycles. The summed E-state index contributed by atoms with van der Waals surface area (Å²) in [7, 11) is 0. The lowest BCUT2D eigenvalue weighted by atomic mass is 10.1. The van der Waals surface area contributed by atoms with Crippen LogP contribution in [-0.4, -0.2) is 32.0 Å². The van der Waals surface area contributed by atoms with Crippen LogP contribution in [0.1, 0.15) is 24.4 Å². The molecule has 0 radical (unpaired) electrons. The fraction of sp³-hybridized carbons (Fsp3) is 0.286. The Morgan fingerprint density at radius 3 is 2.82 bits per heavy atom. The van der Waals surface area contributed by atoms with Crippen molar-refractivity contribution in [2.24, 2.45) is 5.73 Å². The van der Waals surface area contributed by atoms with Crippen LogP contribution < -0.4 is 5.73 Å². The highest BCUT2D eigenvalue weighted by Gasteiger charge is 2.22. The van der Waals surface area contributed by atoms with Crippen LogP contribution >= 0.6 is 15.9 Å². The van der Waals surface area contributed by atoms with Crippen LogP contribution in [0.25, 0.3) is 11.3 Å². The molecule has 1 atom stereocenters. The van der Waals surface area contributed by atoms with Crippen molar-refractivity contribution in [3.63, 3.8) is 0 Å². The first kappa shape index (κ1) is 16.2. The maximum atomic E-state index is 11.3. The molecule has 1 amide bonds. The number of primary amides is 1. The average Bonchev–Trinajstić information content (AvgIpc) is 2.90. The van der Waals surface area contributed by atoms with Crippen LogP contribution in [0.3, 0.4) is 0 Å². The van der Waals surface area contributed by atoms with Gasteiger partial charge in [-0.05, 0) is 31.0 Å². The molecule has 1 aromatic heterocycles. The van der Waals surface area contributed by atoms with Gasteiger partial charge in [-0.15, -0.1) is 5.10 Å². The van der Waals surface area contributed by atoms with E-state index in [1.807, 2.05) is 25.1 Å². The van der Waals surface area contributed by atoms with E-state index in [4.69, 9.17) is 5.73 Å². The van der Waals surface area contributed by atoms with E-state index in [0.717, 1.165) is 15.6 Å². The topological polar surface area (TPSA) is 111 Å². The van der Waals surface area contributed by atoms with Crippen LogP contribution in [0, 0.1) is 6.92 Å². The average molecular weight is 367 g/mol. The van der Waals surface area contributed by atoms with Crippen LogP contribution in [0.2, 0.25) is 0 Å². The molecule has 7 nitrogen and oxygen atoms in total. The van der Waals surface area contributed by atoms with Gasteiger partial charge in [-0.2, -0.15) is 0 Å². The van der Waals surface area contributed by atoms with Gasteiger partial charge in [-0.25, -0.2) is 9.48 Å². The molecule has 0 aliphatic rings. The number of aromatic nitrogens is 3. The zero-order valence-corrected chi connectivity index (χ0v) is 13.4.